The molecule has 0 aliphatic rings. The van der Waals surface area contributed by atoms with Crippen LogP contribution >= 0.6 is 11.8 Å². The molecule has 6 heteroatoms. The van der Waals surface area contributed by atoms with E-state index in [1.54, 1.807) is 0 Å². The van der Waals surface area contributed by atoms with Crippen molar-refractivity contribution >= 4 is 23.4 Å². The zero-order valence-corrected chi connectivity index (χ0v) is 13.4. The summed E-state index contributed by atoms with van der Waals surface area (Å²) in [5.74, 6) is 1.68. The highest BCUT2D eigenvalue weighted by atomic mass is 32.2. The molecule has 0 spiro atoms. The van der Waals surface area contributed by atoms with Crippen LogP contribution in [-0.2, 0) is 10.5 Å². The topological polar surface area (TPSA) is 70.1 Å². The van der Waals surface area contributed by atoms with Crippen LogP contribution in [0.3, 0.4) is 0 Å². The second-order valence-electron chi connectivity index (χ2n) is 4.77. The second kappa shape index (κ2) is 7.66. The van der Waals surface area contributed by atoms with Crippen molar-refractivity contribution in [1.29, 1.82) is 5.26 Å². The molecule has 2 aromatic rings. The molecule has 0 N–H and O–H groups in total. The Morgan fingerprint density at radius 1 is 1.36 bits per heavy atom. The van der Waals surface area contributed by atoms with Crippen molar-refractivity contribution in [3.05, 3.63) is 47.3 Å². The third-order valence-electron chi connectivity index (χ3n) is 3.25. The summed E-state index contributed by atoms with van der Waals surface area (Å²) in [4.78, 5) is 13.8. The third-order valence-corrected chi connectivity index (χ3v) is 4.19. The molecule has 1 amide bonds. The Bertz CT molecular complexity index is 657. The van der Waals surface area contributed by atoms with Gasteiger partial charge in [0.2, 0.25) is 5.91 Å². The molecule has 0 unspecified atom stereocenters. The Kier molecular flexibility index (Phi) is 5.61. The Morgan fingerprint density at radius 2 is 2.09 bits per heavy atom. The number of hydrogen-bond acceptors (Lipinski definition) is 5. The number of para-hydroxylation sites is 1. The lowest BCUT2D eigenvalue weighted by Gasteiger charge is -2.19. The van der Waals surface area contributed by atoms with Gasteiger partial charge < -0.3 is 4.52 Å². The Hall–Kier alpha value is -2.26. The molecule has 0 aliphatic heterocycles. The van der Waals surface area contributed by atoms with Crippen LogP contribution in [0, 0.1) is 25.2 Å². The van der Waals surface area contributed by atoms with Crippen LogP contribution in [0.4, 0.5) is 5.69 Å². The summed E-state index contributed by atoms with van der Waals surface area (Å²) >= 11 is 1.50. The van der Waals surface area contributed by atoms with Gasteiger partial charge >= 0.3 is 0 Å². The van der Waals surface area contributed by atoms with Crippen molar-refractivity contribution < 1.29 is 9.32 Å². The first-order valence-corrected chi connectivity index (χ1v) is 8.00. The van der Waals surface area contributed by atoms with Crippen molar-refractivity contribution in [3.8, 4) is 6.07 Å². The molecule has 22 heavy (non-hydrogen) atoms. The van der Waals surface area contributed by atoms with E-state index in [1.807, 2.05) is 50.2 Å². The first-order chi connectivity index (χ1) is 10.6. The minimum Gasteiger partial charge on any atom is -0.361 e. The SMILES string of the molecule is Cc1noc(C)c1CSCC(=O)N(CC#N)c1ccccc1. The van der Waals surface area contributed by atoms with Gasteiger partial charge in [0, 0.05) is 17.0 Å². The van der Waals surface area contributed by atoms with Gasteiger partial charge in [-0.2, -0.15) is 5.26 Å². The van der Waals surface area contributed by atoms with Gasteiger partial charge in [0.15, 0.2) is 0 Å². The number of nitriles is 1. The minimum atomic E-state index is -0.0792. The van der Waals surface area contributed by atoms with Crippen LogP contribution in [-0.4, -0.2) is 23.4 Å². The van der Waals surface area contributed by atoms with Gasteiger partial charge in [-0.1, -0.05) is 23.4 Å². The molecule has 1 heterocycles. The molecular formula is C16H17N3O2S. The quantitative estimate of drug-likeness (QED) is 0.766. The van der Waals surface area contributed by atoms with E-state index in [0.29, 0.717) is 11.5 Å². The maximum Gasteiger partial charge on any atom is 0.237 e. The van der Waals surface area contributed by atoms with Crippen LogP contribution in [0.5, 0.6) is 0 Å². The van der Waals surface area contributed by atoms with Crippen molar-refractivity contribution in [2.24, 2.45) is 0 Å². The number of thioether (sulfide) groups is 1. The molecule has 0 bridgehead atoms. The van der Waals surface area contributed by atoms with Crippen LogP contribution < -0.4 is 4.90 Å². The standard InChI is InChI=1S/C16H17N3O2S/c1-12-15(13(2)21-18-12)10-22-11-16(20)19(9-8-17)14-6-4-3-5-7-14/h3-7H,9-11H2,1-2H3. The second-order valence-corrected chi connectivity index (χ2v) is 5.75. The van der Waals surface area contributed by atoms with Gasteiger partial charge in [-0.25, -0.2) is 0 Å². The maximum absolute atomic E-state index is 12.3. The highest BCUT2D eigenvalue weighted by Crippen LogP contribution is 2.21. The molecule has 0 atom stereocenters. The third kappa shape index (κ3) is 3.89. The van der Waals surface area contributed by atoms with Gasteiger partial charge in [-0.3, -0.25) is 9.69 Å². The first kappa shape index (κ1) is 16.1. The predicted molar refractivity (Wildman–Crippen MR) is 86.5 cm³/mol. The van der Waals surface area contributed by atoms with E-state index in [0.717, 1.165) is 22.7 Å². The summed E-state index contributed by atoms with van der Waals surface area (Å²) in [5.41, 5.74) is 2.63. The largest absolute Gasteiger partial charge is 0.361 e. The lowest BCUT2D eigenvalue weighted by atomic mass is 10.2. The number of carbonyl (C=O) groups excluding carboxylic acids is 1. The number of nitrogens with zero attached hydrogens (tertiary/aromatic N) is 3. The average molecular weight is 315 g/mol. The van der Waals surface area contributed by atoms with Gasteiger partial charge in [0.05, 0.1) is 17.5 Å². The summed E-state index contributed by atoms with van der Waals surface area (Å²) in [5, 5.41) is 12.8. The minimum absolute atomic E-state index is 0.0503. The number of aryl methyl sites for hydroxylation is 2. The fourth-order valence-electron chi connectivity index (χ4n) is 2.03. The molecule has 0 saturated carbocycles. The fraction of sp³-hybridized carbons (Fsp3) is 0.312. The molecule has 1 aromatic carbocycles. The molecule has 0 fully saturated rings. The summed E-state index contributed by atoms with van der Waals surface area (Å²) in [6.45, 7) is 3.80. The van der Waals surface area contributed by atoms with Crippen molar-refractivity contribution in [2.45, 2.75) is 19.6 Å². The van der Waals surface area contributed by atoms with E-state index in [9.17, 15) is 4.79 Å². The van der Waals surface area contributed by atoms with Crippen molar-refractivity contribution in [1.82, 2.24) is 5.16 Å². The molecule has 5 nitrogen and oxygen atoms in total. The number of benzene rings is 1. The molecule has 0 radical (unpaired) electrons. The van der Waals surface area contributed by atoms with Crippen LogP contribution in [0.15, 0.2) is 34.9 Å². The van der Waals surface area contributed by atoms with Crippen LogP contribution in [0.2, 0.25) is 0 Å². The highest BCUT2D eigenvalue weighted by Gasteiger charge is 2.16. The fourth-order valence-corrected chi connectivity index (χ4v) is 3.08. The van der Waals surface area contributed by atoms with E-state index < -0.39 is 0 Å². The molecule has 1 aromatic heterocycles. The van der Waals surface area contributed by atoms with Gasteiger partial charge in [0.1, 0.15) is 12.3 Å². The van der Waals surface area contributed by atoms with Gasteiger partial charge in [-0.05, 0) is 26.0 Å². The molecule has 0 saturated heterocycles. The van der Waals surface area contributed by atoms with Gasteiger partial charge in [0.25, 0.3) is 0 Å². The van der Waals surface area contributed by atoms with E-state index in [2.05, 4.69) is 5.16 Å². The number of rotatable bonds is 6. The smallest absolute Gasteiger partial charge is 0.237 e. The Labute approximate surface area is 133 Å². The number of aromatic nitrogens is 1. The Morgan fingerprint density at radius 3 is 2.68 bits per heavy atom. The number of anilines is 1. The highest BCUT2D eigenvalue weighted by molar-refractivity contribution is 7.99. The summed E-state index contributed by atoms with van der Waals surface area (Å²) in [6, 6.07) is 11.3. The van der Waals surface area contributed by atoms with Crippen LogP contribution in [0.25, 0.3) is 0 Å². The molecule has 114 valence electrons. The van der Waals surface area contributed by atoms with E-state index >= 15 is 0 Å². The van der Waals surface area contributed by atoms with E-state index in [4.69, 9.17) is 9.78 Å². The predicted octanol–water partition coefficient (Wildman–Crippen LogP) is 3.08. The van der Waals surface area contributed by atoms with Gasteiger partial charge in [-0.15, -0.1) is 11.8 Å². The maximum atomic E-state index is 12.3. The number of carbonyl (C=O) groups is 1. The lowest BCUT2D eigenvalue weighted by Crippen LogP contribution is -2.32. The molecular weight excluding hydrogens is 298 g/mol. The van der Waals surface area contributed by atoms with Crippen LogP contribution in [0.1, 0.15) is 17.0 Å². The normalized spacial score (nSPS) is 10.2. The lowest BCUT2D eigenvalue weighted by molar-refractivity contribution is -0.116. The first-order valence-electron chi connectivity index (χ1n) is 6.85. The number of amides is 1. The number of hydrogen-bond donors (Lipinski definition) is 0. The van der Waals surface area contributed by atoms with Crippen molar-refractivity contribution in [3.63, 3.8) is 0 Å². The summed E-state index contributed by atoms with van der Waals surface area (Å²) in [6.07, 6.45) is 0. The summed E-state index contributed by atoms with van der Waals surface area (Å²) in [7, 11) is 0. The summed E-state index contributed by atoms with van der Waals surface area (Å²) < 4.78 is 5.11. The monoisotopic (exact) mass is 315 g/mol. The van der Waals surface area contributed by atoms with E-state index in [1.165, 1.54) is 16.7 Å². The zero-order chi connectivity index (χ0) is 15.9. The molecule has 0 aliphatic carbocycles. The Balaban J connectivity index is 1.96. The molecule has 2 rings (SSSR count). The average Bonchev–Trinajstić information content (AvgIpc) is 2.85. The van der Waals surface area contributed by atoms with Crippen molar-refractivity contribution in [2.75, 3.05) is 17.2 Å². The van der Waals surface area contributed by atoms with E-state index in [-0.39, 0.29) is 12.5 Å². The zero-order valence-electron chi connectivity index (χ0n) is 12.6.